The van der Waals surface area contributed by atoms with E-state index < -0.39 is 0 Å². The summed E-state index contributed by atoms with van der Waals surface area (Å²) in [7, 11) is 1.71. The van der Waals surface area contributed by atoms with E-state index in [4.69, 9.17) is 4.74 Å². The number of hydrogen-bond donors (Lipinski definition) is 1. The molecule has 0 radical (unpaired) electrons. The molecule has 0 unspecified atom stereocenters. The third-order valence-corrected chi connectivity index (χ3v) is 6.96. The molecule has 0 aliphatic rings. The van der Waals surface area contributed by atoms with Crippen molar-refractivity contribution in [1.29, 1.82) is 0 Å². The fourth-order valence-corrected chi connectivity index (χ4v) is 4.53. The lowest BCUT2D eigenvalue weighted by molar-refractivity contribution is 0.199. The zero-order valence-electron chi connectivity index (χ0n) is 11.0. The summed E-state index contributed by atoms with van der Waals surface area (Å²) in [6, 6.07) is 2.07. The van der Waals surface area contributed by atoms with Gasteiger partial charge in [0.05, 0.1) is 15.3 Å². The Morgan fingerprint density at radius 3 is 2.80 bits per heavy atom. The number of aryl methyl sites for hydroxylation is 1. The fourth-order valence-electron chi connectivity index (χ4n) is 1.57. The lowest BCUT2D eigenvalue weighted by Crippen LogP contribution is -2.20. The second-order valence-electron chi connectivity index (χ2n) is 4.08. The predicted octanol–water partition coefficient (Wildman–Crippen LogP) is 3.96. The first-order valence-corrected chi connectivity index (χ1v) is 9.40. The van der Waals surface area contributed by atoms with Crippen LogP contribution in [0.25, 0.3) is 9.88 Å². The summed E-state index contributed by atoms with van der Waals surface area (Å²) in [6.45, 7) is 2.63. The van der Waals surface area contributed by atoms with Crippen molar-refractivity contribution in [2.75, 3.05) is 26.8 Å². The molecule has 0 atom stereocenters. The molecule has 0 saturated heterocycles. The molecule has 0 aliphatic heterocycles. The zero-order valence-corrected chi connectivity index (χ0v) is 15.8. The lowest BCUT2D eigenvalue weighted by Gasteiger charge is -2.01. The van der Waals surface area contributed by atoms with Crippen molar-refractivity contribution >= 4 is 54.5 Å². The largest absolute Gasteiger partial charge is 0.383 e. The maximum absolute atomic E-state index is 4.98. The minimum Gasteiger partial charge on any atom is -0.383 e. The molecule has 2 heterocycles. The molecule has 0 aliphatic carbocycles. The van der Waals surface area contributed by atoms with Gasteiger partial charge in [-0.05, 0) is 50.9 Å². The van der Waals surface area contributed by atoms with Gasteiger partial charge in [0, 0.05) is 24.5 Å². The highest BCUT2D eigenvalue weighted by molar-refractivity contribution is 9.13. The molecule has 1 N–H and O–H groups in total. The summed E-state index contributed by atoms with van der Waals surface area (Å²) in [5.74, 6) is 0. The van der Waals surface area contributed by atoms with E-state index in [-0.39, 0.29) is 0 Å². The van der Waals surface area contributed by atoms with Crippen LogP contribution in [0.2, 0.25) is 0 Å². The molecule has 2 rings (SSSR count). The maximum Gasteiger partial charge on any atom is 0.157 e. The number of methoxy groups -OCH3 is 1. The standard InChI is InChI=1S/C12H15Br2N3OS2/c1-18-6-5-15-4-2-3-10-16-17-12(20-10)9-7-8(13)11(14)19-9/h7,15H,2-6H2,1H3. The number of rotatable bonds is 8. The van der Waals surface area contributed by atoms with Gasteiger partial charge < -0.3 is 10.1 Å². The number of halogens is 2. The molecule has 8 heteroatoms. The van der Waals surface area contributed by atoms with E-state index in [1.165, 1.54) is 0 Å². The lowest BCUT2D eigenvalue weighted by atomic mass is 10.3. The van der Waals surface area contributed by atoms with E-state index in [1.807, 2.05) is 0 Å². The summed E-state index contributed by atoms with van der Waals surface area (Å²) < 4.78 is 7.14. The van der Waals surface area contributed by atoms with Crippen LogP contribution in [-0.2, 0) is 11.2 Å². The van der Waals surface area contributed by atoms with Crippen LogP contribution in [0.3, 0.4) is 0 Å². The van der Waals surface area contributed by atoms with E-state index in [0.29, 0.717) is 0 Å². The molecule has 2 aromatic heterocycles. The van der Waals surface area contributed by atoms with Crippen LogP contribution in [0.4, 0.5) is 0 Å². The van der Waals surface area contributed by atoms with Crippen molar-refractivity contribution in [1.82, 2.24) is 15.5 Å². The number of hydrogen-bond acceptors (Lipinski definition) is 6. The molecule has 0 spiro atoms. The topological polar surface area (TPSA) is 47.0 Å². The summed E-state index contributed by atoms with van der Waals surface area (Å²) in [4.78, 5) is 1.14. The van der Waals surface area contributed by atoms with E-state index in [9.17, 15) is 0 Å². The SMILES string of the molecule is COCCNCCCc1nnc(-c2cc(Br)c(Br)s2)s1. The highest BCUT2D eigenvalue weighted by atomic mass is 79.9. The highest BCUT2D eigenvalue weighted by Gasteiger charge is 2.11. The van der Waals surface area contributed by atoms with Crippen molar-refractivity contribution < 1.29 is 4.74 Å². The van der Waals surface area contributed by atoms with Crippen molar-refractivity contribution in [2.45, 2.75) is 12.8 Å². The summed E-state index contributed by atoms with van der Waals surface area (Å²) in [5, 5.41) is 13.9. The molecule has 2 aromatic rings. The van der Waals surface area contributed by atoms with Crippen molar-refractivity contribution in [3.63, 3.8) is 0 Å². The third-order valence-electron chi connectivity index (χ3n) is 2.55. The zero-order chi connectivity index (χ0) is 14.4. The summed E-state index contributed by atoms with van der Waals surface area (Å²) in [5.41, 5.74) is 0. The Balaban J connectivity index is 1.80. The van der Waals surface area contributed by atoms with Crippen LogP contribution < -0.4 is 5.32 Å². The van der Waals surface area contributed by atoms with Crippen molar-refractivity contribution in [3.8, 4) is 9.88 Å². The van der Waals surface area contributed by atoms with Crippen LogP contribution in [0, 0.1) is 0 Å². The summed E-state index contributed by atoms with van der Waals surface area (Å²) >= 11 is 10.3. The van der Waals surface area contributed by atoms with E-state index >= 15 is 0 Å². The maximum atomic E-state index is 4.98. The Bertz CT molecular complexity index is 525. The first-order valence-electron chi connectivity index (χ1n) is 6.18. The minimum absolute atomic E-state index is 0.755. The van der Waals surface area contributed by atoms with Crippen molar-refractivity contribution in [2.24, 2.45) is 0 Å². The Morgan fingerprint density at radius 2 is 2.10 bits per heavy atom. The fraction of sp³-hybridized carbons (Fsp3) is 0.500. The monoisotopic (exact) mass is 439 g/mol. The number of thiophene rings is 1. The number of ether oxygens (including phenoxy) is 1. The second-order valence-corrected chi connectivity index (χ2v) is 8.37. The predicted molar refractivity (Wildman–Crippen MR) is 91.7 cm³/mol. The van der Waals surface area contributed by atoms with E-state index in [0.717, 1.165) is 55.7 Å². The van der Waals surface area contributed by atoms with Crippen molar-refractivity contribution in [3.05, 3.63) is 19.3 Å². The molecule has 110 valence electrons. The minimum atomic E-state index is 0.755. The van der Waals surface area contributed by atoms with Gasteiger partial charge in [0.2, 0.25) is 0 Å². The van der Waals surface area contributed by atoms with Gasteiger partial charge in [-0.15, -0.1) is 21.5 Å². The van der Waals surface area contributed by atoms with Crippen LogP contribution in [0.15, 0.2) is 14.3 Å². The van der Waals surface area contributed by atoms with Crippen LogP contribution in [-0.4, -0.2) is 37.0 Å². The number of nitrogens with one attached hydrogen (secondary N) is 1. The van der Waals surface area contributed by atoms with Crippen LogP contribution in [0.1, 0.15) is 11.4 Å². The molecule has 0 aromatic carbocycles. The normalized spacial score (nSPS) is 11.2. The molecular weight excluding hydrogens is 426 g/mol. The molecule has 0 amide bonds. The quantitative estimate of drug-likeness (QED) is 0.631. The highest BCUT2D eigenvalue weighted by Crippen LogP contribution is 2.39. The number of nitrogens with zero attached hydrogens (tertiary/aromatic N) is 2. The van der Waals surface area contributed by atoms with Gasteiger partial charge in [0.15, 0.2) is 5.01 Å². The molecule has 20 heavy (non-hydrogen) atoms. The van der Waals surface area contributed by atoms with E-state index in [2.05, 4.69) is 53.4 Å². The van der Waals surface area contributed by atoms with Gasteiger partial charge in [-0.3, -0.25) is 0 Å². The van der Waals surface area contributed by atoms with Gasteiger partial charge in [0.1, 0.15) is 5.01 Å². The molecule has 0 bridgehead atoms. The Kier molecular flexibility index (Phi) is 7.06. The average Bonchev–Trinajstić information content (AvgIpc) is 3.02. The smallest absolute Gasteiger partial charge is 0.157 e. The average molecular weight is 441 g/mol. The van der Waals surface area contributed by atoms with Gasteiger partial charge >= 0.3 is 0 Å². The molecule has 0 fully saturated rings. The second kappa shape index (κ2) is 8.55. The Labute approximate surface area is 143 Å². The Morgan fingerprint density at radius 1 is 1.25 bits per heavy atom. The number of aromatic nitrogens is 2. The van der Waals surface area contributed by atoms with Crippen LogP contribution in [0.5, 0.6) is 0 Å². The molecule has 0 saturated carbocycles. The van der Waals surface area contributed by atoms with Crippen LogP contribution >= 0.6 is 54.5 Å². The first kappa shape index (κ1) is 16.5. The van der Waals surface area contributed by atoms with Gasteiger partial charge in [-0.2, -0.15) is 0 Å². The van der Waals surface area contributed by atoms with E-state index in [1.54, 1.807) is 29.8 Å². The molecule has 4 nitrogen and oxygen atoms in total. The van der Waals surface area contributed by atoms with Gasteiger partial charge in [-0.1, -0.05) is 11.3 Å². The Hall–Kier alpha value is 0.140. The molecular formula is C12H15Br2N3OS2. The van der Waals surface area contributed by atoms with Gasteiger partial charge in [0.25, 0.3) is 0 Å². The summed E-state index contributed by atoms with van der Waals surface area (Å²) in [6.07, 6.45) is 2.03. The van der Waals surface area contributed by atoms with Gasteiger partial charge in [-0.25, -0.2) is 0 Å². The third kappa shape index (κ3) is 4.85. The first-order chi connectivity index (χ1) is 9.70.